The zero-order chi connectivity index (χ0) is 18.0. The van der Waals surface area contributed by atoms with E-state index in [0.29, 0.717) is 0 Å². The lowest BCUT2D eigenvalue weighted by atomic mass is 9.97. The third kappa shape index (κ3) is 3.71. The fourth-order valence-electron chi connectivity index (χ4n) is 2.83. The van der Waals surface area contributed by atoms with E-state index in [4.69, 9.17) is 18.9 Å². The van der Waals surface area contributed by atoms with E-state index in [0.717, 1.165) is 0 Å². The number of rotatable bonds is 5. The summed E-state index contributed by atoms with van der Waals surface area (Å²) in [5, 5.41) is 67.8. The maximum absolute atomic E-state index is 10.2. The Kier molecular flexibility index (Phi) is 6.87. The van der Waals surface area contributed by atoms with Gasteiger partial charge in [0.15, 0.2) is 12.6 Å². The van der Waals surface area contributed by atoms with Crippen LogP contribution in [-0.2, 0) is 18.9 Å². The molecular formula is C13H24O11. The first-order valence-corrected chi connectivity index (χ1v) is 7.46. The van der Waals surface area contributed by atoms with Gasteiger partial charge in [0.2, 0.25) is 0 Å². The van der Waals surface area contributed by atoms with Gasteiger partial charge in [0.1, 0.15) is 48.8 Å². The predicted molar refractivity (Wildman–Crippen MR) is 73.4 cm³/mol. The van der Waals surface area contributed by atoms with Crippen molar-refractivity contribution in [2.75, 3.05) is 20.3 Å². The first-order chi connectivity index (χ1) is 11.3. The quantitative estimate of drug-likeness (QED) is 0.251. The minimum atomic E-state index is -1.71. The van der Waals surface area contributed by atoms with E-state index < -0.39 is 74.6 Å². The van der Waals surface area contributed by atoms with E-state index in [1.807, 2.05) is 0 Å². The van der Waals surface area contributed by atoms with E-state index >= 15 is 0 Å². The molecule has 0 aromatic carbocycles. The Bertz CT molecular complexity index is 394. The molecule has 2 saturated heterocycles. The molecule has 0 aromatic rings. The molecule has 0 bridgehead atoms. The van der Waals surface area contributed by atoms with Crippen LogP contribution in [0.15, 0.2) is 0 Å². The van der Waals surface area contributed by atoms with Gasteiger partial charge in [-0.3, -0.25) is 0 Å². The molecule has 2 fully saturated rings. The van der Waals surface area contributed by atoms with Crippen LogP contribution >= 0.6 is 0 Å². The topological polar surface area (TPSA) is 179 Å². The van der Waals surface area contributed by atoms with Crippen molar-refractivity contribution in [1.82, 2.24) is 0 Å². The molecule has 10 atom stereocenters. The Balaban J connectivity index is 2.14. The van der Waals surface area contributed by atoms with Crippen LogP contribution in [0.4, 0.5) is 0 Å². The van der Waals surface area contributed by atoms with Crippen molar-refractivity contribution in [1.29, 1.82) is 0 Å². The molecule has 2 aliphatic heterocycles. The Hall–Kier alpha value is -0.440. The largest absolute Gasteiger partial charge is 0.394 e. The number of aliphatic hydroxyl groups is 7. The van der Waals surface area contributed by atoms with Gasteiger partial charge in [0.25, 0.3) is 0 Å². The number of hydrogen-bond acceptors (Lipinski definition) is 11. The van der Waals surface area contributed by atoms with Crippen molar-refractivity contribution >= 4 is 0 Å². The van der Waals surface area contributed by atoms with Crippen LogP contribution in [0, 0.1) is 0 Å². The molecular weight excluding hydrogens is 332 g/mol. The van der Waals surface area contributed by atoms with Gasteiger partial charge in [-0.05, 0) is 0 Å². The molecule has 0 radical (unpaired) electrons. The molecule has 11 heteroatoms. The van der Waals surface area contributed by atoms with Crippen LogP contribution in [-0.4, -0.2) is 117 Å². The van der Waals surface area contributed by atoms with Crippen LogP contribution in [0.25, 0.3) is 0 Å². The Morgan fingerprint density at radius 3 is 1.92 bits per heavy atom. The molecule has 0 spiro atoms. The second-order valence-electron chi connectivity index (χ2n) is 5.74. The number of methoxy groups -OCH3 is 1. The van der Waals surface area contributed by atoms with Crippen molar-refractivity contribution in [2.45, 2.75) is 61.4 Å². The molecule has 142 valence electrons. The van der Waals surface area contributed by atoms with Crippen molar-refractivity contribution < 1.29 is 54.7 Å². The molecule has 7 N–H and O–H groups in total. The molecule has 11 nitrogen and oxygen atoms in total. The Morgan fingerprint density at radius 2 is 1.38 bits per heavy atom. The lowest BCUT2D eigenvalue weighted by Gasteiger charge is -2.45. The summed E-state index contributed by atoms with van der Waals surface area (Å²) in [5.41, 5.74) is 0. The molecule has 0 saturated carbocycles. The van der Waals surface area contributed by atoms with Gasteiger partial charge in [0, 0.05) is 7.11 Å². The molecule has 2 heterocycles. The lowest BCUT2D eigenvalue weighted by molar-refractivity contribution is -0.356. The summed E-state index contributed by atoms with van der Waals surface area (Å²) >= 11 is 0. The monoisotopic (exact) mass is 356 g/mol. The predicted octanol–water partition coefficient (Wildman–Crippen LogP) is -4.74. The first-order valence-electron chi connectivity index (χ1n) is 7.46. The zero-order valence-corrected chi connectivity index (χ0v) is 13.0. The summed E-state index contributed by atoms with van der Waals surface area (Å²) in [6.07, 6.45) is -14.1. The van der Waals surface area contributed by atoms with Crippen molar-refractivity contribution in [2.24, 2.45) is 0 Å². The summed E-state index contributed by atoms with van der Waals surface area (Å²) in [4.78, 5) is 0. The first kappa shape index (κ1) is 19.9. The lowest BCUT2D eigenvalue weighted by Crippen LogP contribution is -2.64. The summed E-state index contributed by atoms with van der Waals surface area (Å²) in [5.74, 6) is 0. The number of aliphatic hydroxyl groups excluding tert-OH is 7. The smallest absolute Gasteiger partial charge is 0.187 e. The fraction of sp³-hybridized carbons (Fsp3) is 1.00. The van der Waals surface area contributed by atoms with E-state index in [1.54, 1.807) is 0 Å². The second kappa shape index (κ2) is 8.29. The maximum atomic E-state index is 10.2. The Labute approximate surface area is 137 Å². The van der Waals surface area contributed by atoms with E-state index in [9.17, 15) is 35.7 Å². The zero-order valence-electron chi connectivity index (χ0n) is 13.0. The van der Waals surface area contributed by atoms with Crippen LogP contribution in [0.1, 0.15) is 0 Å². The van der Waals surface area contributed by atoms with Gasteiger partial charge in [0.05, 0.1) is 13.2 Å². The van der Waals surface area contributed by atoms with Crippen LogP contribution < -0.4 is 0 Å². The fourth-order valence-corrected chi connectivity index (χ4v) is 2.83. The van der Waals surface area contributed by atoms with Crippen LogP contribution in [0.2, 0.25) is 0 Å². The van der Waals surface area contributed by atoms with Crippen molar-refractivity contribution in [3.05, 3.63) is 0 Å². The average molecular weight is 356 g/mol. The normalized spacial score (nSPS) is 50.0. The molecule has 10 unspecified atom stereocenters. The molecule has 2 rings (SSSR count). The van der Waals surface area contributed by atoms with E-state index in [1.165, 1.54) is 7.11 Å². The van der Waals surface area contributed by atoms with Gasteiger partial charge in [-0.25, -0.2) is 0 Å². The number of ether oxygens (including phenoxy) is 4. The van der Waals surface area contributed by atoms with Gasteiger partial charge in [-0.2, -0.15) is 0 Å². The van der Waals surface area contributed by atoms with Gasteiger partial charge in [-0.15, -0.1) is 0 Å². The summed E-state index contributed by atoms with van der Waals surface area (Å²) in [6, 6.07) is 0. The molecule has 2 aliphatic rings. The third-order valence-electron chi connectivity index (χ3n) is 4.22. The molecule has 0 aliphatic carbocycles. The standard InChI is InChI=1S/C13H24O11/c1-21-11-6(16)4(2-14)23-13(9(11)19)24-10-5(3-15)22-12(20)8(18)7(10)17/h4-20H,2-3H2,1H3. The summed E-state index contributed by atoms with van der Waals surface area (Å²) in [6.45, 7) is -1.23. The highest BCUT2D eigenvalue weighted by Crippen LogP contribution is 2.29. The average Bonchev–Trinajstić information content (AvgIpc) is 2.57. The summed E-state index contributed by atoms with van der Waals surface area (Å²) in [7, 11) is 1.24. The van der Waals surface area contributed by atoms with E-state index in [2.05, 4.69) is 0 Å². The van der Waals surface area contributed by atoms with Crippen LogP contribution in [0.5, 0.6) is 0 Å². The van der Waals surface area contributed by atoms with Crippen LogP contribution in [0.3, 0.4) is 0 Å². The number of hydrogen-bond donors (Lipinski definition) is 7. The highest BCUT2D eigenvalue weighted by atomic mass is 16.7. The highest BCUT2D eigenvalue weighted by Gasteiger charge is 2.50. The summed E-state index contributed by atoms with van der Waals surface area (Å²) < 4.78 is 20.6. The highest BCUT2D eigenvalue weighted by molar-refractivity contribution is 4.94. The van der Waals surface area contributed by atoms with Crippen molar-refractivity contribution in [3.8, 4) is 0 Å². The second-order valence-corrected chi connectivity index (χ2v) is 5.74. The maximum Gasteiger partial charge on any atom is 0.187 e. The van der Waals surface area contributed by atoms with Gasteiger partial charge in [-0.1, -0.05) is 0 Å². The Morgan fingerprint density at radius 1 is 0.750 bits per heavy atom. The minimum Gasteiger partial charge on any atom is -0.394 e. The van der Waals surface area contributed by atoms with E-state index in [-0.39, 0.29) is 0 Å². The minimum absolute atomic E-state index is 0.581. The van der Waals surface area contributed by atoms with Gasteiger partial charge < -0.3 is 54.7 Å². The molecule has 0 amide bonds. The van der Waals surface area contributed by atoms with Crippen molar-refractivity contribution in [3.63, 3.8) is 0 Å². The van der Waals surface area contributed by atoms with Gasteiger partial charge >= 0.3 is 0 Å². The molecule has 24 heavy (non-hydrogen) atoms. The third-order valence-corrected chi connectivity index (χ3v) is 4.22. The molecule has 0 aromatic heterocycles. The SMILES string of the molecule is COC1C(O)C(CO)OC(OC2C(CO)OC(O)C(O)C2O)C1O.